The van der Waals surface area contributed by atoms with Gasteiger partial charge >= 0.3 is 5.97 Å². The van der Waals surface area contributed by atoms with E-state index in [2.05, 4.69) is 4.98 Å². The summed E-state index contributed by atoms with van der Waals surface area (Å²) in [4.78, 5) is 14.7. The van der Waals surface area contributed by atoms with Crippen LogP contribution in [0.25, 0.3) is 5.69 Å². The highest BCUT2D eigenvalue weighted by Crippen LogP contribution is 2.19. The SMILES string of the molecule is NS(=O)(=O)c1ccc(-n2ccnc2)c(C(=O)O)c1. The third-order valence-electron chi connectivity index (χ3n) is 2.31. The van der Waals surface area contributed by atoms with E-state index in [0.29, 0.717) is 5.69 Å². The summed E-state index contributed by atoms with van der Waals surface area (Å²) in [6.07, 6.45) is 4.45. The summed E-state index contributed by atoms with van der Waals surface area (Å²) in [5, 5.41) is 14.0. The van der Waals surface area contributed by atoms with Crippen molar-refractivity contribution in [3.8, 4) is 5.69 Å². The lowest BCUT2D eigenvalue weighted by molar-refractivity contribution is 0.0696. The fourth-order valence-electron chi connectivity index (χ4n) is 1.49. The molecule has 2 rings (SSSR count). The van der Waals surface area contributed by atoms with E-state index in [-0.39, 0.29) is 10.5 Å². The number of nitrogens with zero attached hydrogens (tertiary/aromatic N) is 2. The number of carboxylic acid groups (broad SMARTS) is 1. The molecular weight excluding hydrogens is 258 g/mol. The fourth-order valence-corrected chi connectivity index (χ4v) is 2.03. The molecule has 1 aromatic carbocycles. The largest absolute Gasteiger partial charge is 0.478 e. The average molecular weight is 267 g/mol. The van der Waals surface area contributed by atoms with Crippen molar-refractivity contribution in [1.29, 1.82) is 0 Å². The van der Waals surface area contributed by atoms with Crippen LogP contribution in [0.2, 0.25) is 0 Å². The number of hydrogen-bond donors (Lipinski definition) is 2. The van der Waals surface area contributed by atoms with Crippen LogP contribution in [0.15, 0.2) is 41.8 Å². The van der Waals surface area contributed by atoms with Gasteiger partial charge in [-0.1, -0.05) is 0 Å². The number of nitrogens with two attached hydrogens (primary N) is 1. The van der Waals surface area contributed by atoms with Gasteiger partial charge in [0.15, 0.2) is 0 Å². The summed E-state index contributed by atoms with van der Waals surface area (Å²) in [5.41, 5.74) is 0.145. The Hall–Kier alpha value is -2.19. The highest BCUT2D eigenvalue weighted by molar-refractivity contribution is 7.89. The molecule has 94 valence electrons. The van der Waals surface area contributed by atoms with E-state index in [1.807, 2.05) is 0 Å². The van der Waals surface area contributed by atoms with Crippen molar-refractivity contribution in [2.75, 3.05) is 0 Å². The lowest BCUT2D eigenvalue weighted by atomic mass is 10.2. The molecule has 7 nitrogen and oxygen atoms in total. The van der Waals surface area contributed by atoms with Gasteiger partial charge in [-0.05, 0) is 18.2 Å². The summed E-state index contributed by atoms with van der Waals surface area (Å²) in [6, 6.07) is 3.63. The van der Waals surface area contributed by atoms with E-state index in [1.165, 1.54) is 29.2 Å². The molecule has 3 N–H and O–H groups in total. The molecule has 0 unspecified atom stereocenters. The number of aromatic nitrogens is 2. The first-order chi connectivity index (χ1) is 8.39. The molecule has 0 amide bonds. The maximum atomic E-state index is 11.2. The van der Waals surface area contributed by atoms with Crippen LogP contribution in [0, 0.1) is 0 Å². The van der Waals surface area contributed by atoms with Crippen molar-refractivity contribution in [3.63, 3.8) is 0 Å². The maximum absolute atomic E-state index is 11.2. The van der Waals surface area contributed by atoms with Crippen LogP contribution < -0.4 is 5.14 Å². The van der Waals surface area contributed by atoms with E-state index in [9.17, 15) is 13.2 Å². The zero-order chi connectivity index (χ0) is 13.3. The highest BCUT2D eigenvalue weighted by Gasteiger charge is 2.16. The summed E-state index contributed by atoms with van der Waals surface area (Å²) in [5.74, 6) is -1.25. The van der Waals surface area contributed by atoms with Crippen molar-refractivity contribution >= 4 is 16.0 Å². The first kappa shape index (κ1) is 12.3. The van der Waals surface area contributed by atoms with Crippen molar-refractivity contribution in [1.82, 2.24) is 9.55 Å². The Bertz CT molecular complexity index is 692. The van der Waals surface area contributed by atoms with Gasteiger partial charge in [-0.3, -0.25) is 0 Å². The summed E-state index contributed by atoms with van der Waals surface area (Å²) in [6.45, 7) is 0. The van der Waals surface area contributed by atoms with Gasteiger partial charge < -0.3 is 9.67 Å². The van der Waals surface area contributed by atoms with Crippen LogP contribution >= 0.6 is 0 Å². The number of carboxylic acids is 1. The van der Waals surface area contributed by atoms with E-state index in [1.54, 1.807) is 6.20 Å². The smallest absolute Gasteiger partial charge is 0.337 e. The third-order valence-corrected chi connectivity index (χ3v) is 3.22. The van der Waals surface area contributed by atoms with Gasteiger partial charge in [-0.15, -0.1) is 0 Å². The van der Waals surface area contributed by atoms with Crippen LogP contribution in [0.1, 0.15) is 10.4 Å². The Labute approximate surface area is 103 Å². The fraction of sp³-hybridized carbons (Fsp3) is 0. The predicted octanol–water partition coefficient (Wildman–Crippen LogP) is 0.218. The molecule has 0 saturated carbocycles. The lowest BCUT2D eigenvalue weighted by Crippen LogP contribution is -2.14. The van der Waals surface area contributed by atoms with Gasteiger partial charge in [0.25, 0.3) is 0 Å². The number of primary sulfonamides is 1. The molecule has 2 aromatic rings. The first-order valence-corrected chi connectivity index (χ1v) is 6.32. The lowest BCUT2D eigenvalue weighted by Gasteiger charge is -2.08. The summed E-state index contributed by atoms with van der Waals surface area (Å²) >= 11 is 0. The number of hydrogen-bond acceptors (Lipinski definition) is 4. The predicted molar refractivity (Wildman–Crippen MR) is 61.9 cm³/mol. The maximum Gasteiger partial charge on any atom is 0.337 e. The molecule has 0 aliphatic carbocycles. The van der Waals surface area contributed by atoms with Gasteiger partial charge in [0.05, 0.1) is 22.5 Å². The second-order valence-corrected chi connectivity index (χ2v) is 5.06. The van der Waals surface area contributed by atoms with Crippen LogP contribution in [0.3, 0.4) is 0 Å². The molecular formula is C10H9N3O4S. The average Bonchev–Trinajstić information content (AvgIpc) is 2.80. The van der Waals surface area contributed by atoms with Gasteiger partial charge in [0, 0.05) is 12.4 Å². The molecule has 0 bridgehead atoms. The van der Waals surface area contributed by atoms with E-state index in [4.69, 9.17) is 10.2 Å². The van der Waals surface area contributed by atoms with Crippen LogP contribution in [0.4, 0.5) is 0 Å². The molecule has 0 aliphatic heterocycles. The Balaban J connectivity index is 2.67. The normalized spacial score (nSPS) is 11.4. The summed E-state index contributed by atoms with van der Waals surface area (Å²) in [7, 11) is -3.93. The molecule has 0 spiro atoms. The van der Waals surface area contributed by atoms with Crippen LogP contribution in [-0.2, 0) is 10.0 Å². The number of imidazole rings is 1. The number of benzene rings is 1. The molecule has 1 aromatic heterocycles. The zero-order valence-electron chi connectivity index (χ0n) is 9.02. The first-order valence-electron chi connectivity index (χ1n) is 4.78. The number of carbonyl (C=O) groups is 1. The Morgan fingerprint density at radius 3 is 2.61 bits per heavy atom. The van der Waals surface area contributed by atoms with Crippen molar-refractivity contribution in [2.24, 2.45) is 5.14 Å². The molecule has 0 fully saturated rings. The van der Waals surface area contributed by atoms with E-state index in [0.717, 1.165) is 6.07 Å². The number of aromatic carboxylic acids is 1. The van der Waals surface area contributed by atoms with Gasteiger partial charge in [0.1, 0.15) is 0 Å². The highest BCUT2D eigenvalue weighted by atomic mass is 32.2. The molecule has 0 saturated heterocycles. The zero-order valence-corrected chi connectivity index (χ0v) is 9.83. The molecule has 0 aliphatic rings. The Kier molecular flexibility index (Phi) is 2.89. The third kappa shape index (κ3) is 2.24. The van der Waals surface area contributed by atoms with Crippen molar-refractivity contribution in [3.05, 3.63) is 42.5 Å². The molecule has 1 heterocycles. The van der Waals surface area contributed by atoms with Crippen molar-refractivity contribution in [2.45, 2.75) is 4.90 Å². The second kappa shape index (κ2) is 4.24. The standard InChI is InChI=1S/C10H9N3O4S/c11-18(16,17)7-1-2-9(8(5-7)10(14)15)13-4-3-12-6-13/h1-6H,(H,14,15)(H2,11,16,17). The minimum absolute atomic E-state index is 0.167. The van der Waals surface area contributed by atoms with Crippen LogP contribution in [0.5, 0.6) is 0 Å². The van der Waals surface area contributed by atoms with Crippen molar-refractivity contribution < 1.29 is 18.3 Å². The molecule has 8 heteroatoms. The molecule has 0 atom stereocenters. The van der Waals surface area contributed by atoms with Gasteiger partial charge in [-0.2, -0.15) is 0 Å². The second-order valence-electron chi connectivity index (χ2n) is 3.50. The topological polar surface area (TPSA) is 115 Å². The Morgan fingerprint density at radius 1 is 1.39 bits per heavy atom. The minimum Gasteiger partial charge on any atom is -0.478 e. The molecule has 18 heavy (non-hydrogen) atoms. The van der Waals surface area contributed by atoms with Gasteiger partial charge in [-0.25, -0.2) is 23.3 Å². The summed E-state index contributed by atoms with van der Waals surface area (Å²) < 4.78 is 23.8. The number of rotatable bonds is 3. The quantitative estimate of drug-likeness (QED) is 0.825. The monoisotopic (exact) mass is 267 g/mol. The minimum atomic E-state index is -3.93. The van der Waals surface area contributed by atoms with E-state index < -0.39 is 16.0 Å². The molecule has 0 radical (unpaired) electrons. The number of sulfonamides is 1. The van der Waals surface area contributed by atoms with E-state index >= 15 is 0 Å². The van der Waals surface area contributed by atoms with Crippen LogP contribution in [-0.4, -0.2) is 29.0 Å². The van der Waals surface area contributed by atoms with Gasteiger partial charge in [0.2, 0.25) is 10.0 Å². The Morgan fingerprint density at radius 2 is 2.11 bits per heavy atom.